The summed E-state index contributed by atoms with van der Waals surface area (Å²) in [6.07, 6.45) is 1.42. The van der Waals surface area contributed by atoms with E-state index < -0.39 is 22.5 Å². The number of carbonyl (C=O) groups excluding carboxylic acids is 2. The molecule has 4 rings (SSSR count). The molecule has 2 amide bonds. The Morgan fingerprint density at radius 3 is 2.26 bits per heavy atom. The minimum Gasteiger partial charge on any atom is -0.484 e. The standard InChI is InChI=1S/C32H31ClN4O5S/c1-22-7-14-29(15-8-22)43(40,41)37(30-16-9-23(2)17-24(30)3)20-31(38)36-34-19-25-10-12-28(13-11-25)42-21-32(39)35-27-6-4-5-26(33)18-27/h4-19H,20-21H2,1-3H3,(H,35,39)(H,36,38)/b34-19-. The number of sulfonamides is 1. The van der Waals surface area contributed by atoms with Gasteiger partial charge in [-0.25, -0.2) is 13.8 Å². The Kier molecular flexibility index (Phi) is 10.2. The number of nitrogens with zero attached hydrogens (tertiary/aromatic N) is 2. The molecule has 4 aromatic rings. The van der Waals surface area contributed by atoms with Crippen LogP contribution in [0.4, 0.5) is 11.4 Å². The summed E-state index contributed by atoms with van der Waals surface area (Å²) >= 11 is 5.93. The Hall–Kier alpha value is -4.67. The molecule has 0 heterocycles. The SMILES string of the molecule is Cc1ccc(S(=O)(=O)N(CC(=O)N/N=C\c2ccc(OCC(=O)Nc3cccc(Cl)c3)cc2)c2ccc(C)cc2C)cc1. The number of ether oxygens (including phenoxy) is 1. The number of rotatable bonds is 11. The van der Waals surface area contributed by atoms with Crippen LogP contribution in [0, 0.1) is 20.8 Å². The molecular formula is C32H31ClN4O5S. The summed E-state index contributed by atoms with van der Waals surface area (Å²) in [6.45, 7) is 4.91. The number of amides is 2. The maximum Gasteiger partial charge on any atom is 0.264 e. The van der Waals surface area contributed by atoms with E-state index in [1.54, 1.807) is 79.7 Å². The molecular weight excluding hydrogens is 588 g/mol. The quantitative estimate of drug-likeness (QED) is 0.167. The van der Waals surface area contributed by atoms with Crippen molar-refractivity contribution in [1.82, 2.24) is 5.43 Å². The summed E-state index contributed by atoms with van der Waals surface area (Å²) in [7, 11) is -4.04. The van der Waals surface area contributed by atoms with Crippen molar-refractivity contribution in [2.24, 2.45) is 5.10 Å². The normalized spacial score (nSPS) is 11.3. The zero-order valence-electron chi connectivity index (χ0n) is 23.9. The first-order valence-electron chi connectivity index (χ1n) is 13.3. The highest BCUT2D eigenvalue weighted by Gasteiger charge is 2.28. The average Bonchev–Trinajstić information content (AvgIpc) is 2.96. The second kappa shape index (κ2) is 14.0. The molecule has 0 unspecified atom stereocenters. The maximum atomic E-state index is 13.6. The molecule has 0 spiro atoms. The van der Waals surface area contributed by atoms with Gasteiger partial charge in [0.05, 0.1) is 16.8 Å². The Labute approximate surface area is 256 Å². The molecule has 0 atom stereocenters. The molecule has 0 fully saturated rings. The number of benzene rings is 4. The molecule has 0 radical (unpaired) electrons. The van der Waals surface area contributed by atoms with E-state index in [1.165, 1.54) is 18.3 Å². The van der Waals surface area contributed by atoms with Crippen molar-refractivity contribution in [1.29, 1.82) is 0 Å². The fourth-order valence-corrected chi connectivity index (χ4v) is 5.81. The summed E-state index contributed by atoms with van der Waals surface area (Å²) < 4.78 is 33.8. The lowest BCUT2D eigenvalue weighted by Crippen LogP contribution is -2.40. The van der Waals surface area contributed by atoms with Crippen molar-refractivity contribution >= 4 is 51.0 Å². The largest absolute Gasteiger partial charge is 0.484 e. The number of nitrogens with one attached hydrogen (secondary N) is 2. The molecule has 0 aliphatic heterocycles. The summed E-state index contributed by atoms with van der Waals surface area (Å²) in [5.41, 5.74) is 6.64. The van der Waals surface area contributed by atoms with Gasteiger partial charge in [-0.2, -0.15) is 5.10 Å². The van der Waals surface area contributed by atoms with Crippen LogP contribution in [-0.4, -0.2) is 39.6 Å². The molecule has 0 saturated carbocycles. The van der Waals surface area contributed by atoms with Gasteiger partial charge in [0.1, 0.15) is 12.3 Å². The van der Waals surface area contributed by atoms with Gasteiger partial charge in [0.2, 0.25) is 0 Å². The van der Waals surface area contributed by atoms with Crippen molar-refractivity contribution in [3.05, 3.63) is 118 Å². The topological polar surface area (TPSA) is 117 Å². The summed E-state index contributed by atoms with van der Waals surface area (Å²) in [6, 6.07) is 25.3. The fourth-order valence-electron chi connectivity index (χ4n) is 4.13. The number of aryl methyl sites for hydroxylation is 3. The lowest BCUT2D eigenvalue weighted by molar-refractivity contribution is -0.119. The number of hydrogen-bond donors (Lipinski definition) is 2. The van der Waals surface area contributed by atoms with Gasteiger partial charge in [0.25, 0.3) is 21.8 Å². The monoisotopic (exact) mass is 618 g/mol. The van der Waals surface area contributed by atoms with Gasteiger partial charge in [0, 0.05) is 10.7 Å². The predicted octanol–water partition coefficient (Wildman–Crippen LogP) is 5.63. The molecule has 2 N–H and O–H groups in total. The minimum absolute atomic E-state index is 0.0821. The van der Waals surface area contributed by atoms with Crippen molar-refractivity contribution in [3.63, 3.8) is 0 Å². The summed E-state index contributed by atoms with van der Waals surface area (Å²) in [4.78, 5) is 25.1. The lowest BCUT2D eigenvalue weighted by Gasteiger charge is -2.25. The average molecular weight is 619 g/mol. The Bertz CT molecular complexity index is 1740. The number of halogens is 1. The molecule has 4 aromatic carbocycles. The van der Waals surface area contributed by atoms with Crippen LogP contribution in [0.1, 0.15) is 22.3 Å². The van der Waals surface area contributed by atoms with Gasteiger partial charge in [0.15, 0.2) is 6.61 Å². The number of anilines is 2. The van der Waals surface area contributed by atoms with Crippen LogP contribution in [-0.2, 0) is 19.6 Å². The van der Waals surface area contributed by atoms with Crippen molar-refractivity contribution in [2.75, 3.05) is 22.8 Å². The molecule has 43 heavy (non-hydrogen) atoms. The first kappa shape index (κ1) is 31.3. The number of hydrazone groups is 1. The van der Waals surface area contributed by atoms with Crippen molar-refractivity contribution in [2.45, 2.75) is 25.7 Å². The van der Waals surface area contributed by atoms with E-state index in [0.29, 0.717) is 27.7 Å². The van der Waals surface area contributed by atoms with Crippen molar-refractivity contribution in [3.8, 4) is 5.75 Å². The third-order valence-electron chi connectivity index (χ3n) is 6.28. The molecule has 0 aromatic heterocycles. The maximum absolute atomic E-state index is 13.6. The van der Waals surface area contributed by atoms with E-state index >= 15 is 0 Å². The van der Waals surface area contributed by atoms with Crippen LogP contribution in [0.15, 0.2) is 101 Å². The highest BCUT2D eigenvalue weighted by Crippen LogP contribution is 2.27. The van der Waals surface area contributed by atoms with E-state index in [9.17, 15) is 18.0 Å². The third kappa shape index (κ3) is 8.67. The molecule has 0 aliphatic carbocycles. The van der Waals surface area contributed by atoms with Crippen LogP contribution in [0.5, 0.6) is 5.75 Å². The van der Waals surface area contributed by atoms with Gasteiger partial charge >= 0.3 is 0 Å². The zero-order chi connectivity index (χ0) is 31.0. The molecule has 0 bridgehead atoms. The number of hydrogen-bond acceptors (Lipinski definition) is 6. The Morgan fingerprint density at radius 2 is 1.58 bits per heavy atom. The molecule has 9 nitrogen and oxygen atoms in total. The van der Waals surface area contributed by atoms with Crippen LogP contribution in [0.2, 0.25) is 5.02 Å². The van der Waals surface area contributed by atoms with Crippen LogP contribution in [0.3, 0.4) is 0 Å². The highest BCUT2D eigenvalue weighted by atomic mass is 35.5. The number of carbonyl (C=O) groups is 2. The van der Waals surface area contributed by atoms with Gasteiger partial charge in [-0.05, 0) is 92.6 Å². The summed E-state index contributed by atoms with van der Waals surface area (Å²) in [5, 5.41) is 7.20. The minimum atomic E-state index is -4.04. The van der Waals surface area contributed by atoms with Crippen molar-refractivity contribution < 1.29 is 22.7 Å². The zero-order valence-corrected chi connectivity index (χ0v) is 25.4. The molecule has 11 heteroatoms. The summed E-state index contributed by atoms with van der Waals surface area (Å²) in [5.74, 6) is -0.486. The smallest absolute Gasteiger partial charge is 0.264 e. The second-order valence-electron chi connectivity index (χ2n) is 9.82. The first-order chi connectivity index (χ1) is 20.5. The van der Waals surface area contributed by atoms with E-state index in [-0.39, 0.29) is 17.4 Å². The second-order valence-corrected chi connectivity index (χ2v) is 12.1. The predicted molar refractivity (Wildman–Crippen MR) is 169 cm³/mol. The highest BCUT2D eigenvalue weighted by molar-refractivity contribution is 7.92. The van der Waals surface area contributed by atoms with Gasteiger partial charge < -0.3 is 10.1 Å². The Morgan fingerprint density at radius 1 is 0.884 bits per heavy atom. The van der Waals surface area contributed by atoms with Gasteiger partial charge in [-0.1, -0.05) is 53.1 Å². The molecule has 0 aliphatic rings. The van der Waals surface area contributed by atoms with Gasteiger partial charge in [-0.15, -0.1) is 0 Å². The molecule has 222 valence electrons. The van der Waals surface area contributed by atoms with Crippen LogP contribution in [0.25, 0.3) is 0 Å². The van der Waals surface area contributed by atoms with E-state index in [2.05, 4.69) is 15.8 Å². The van der Waals surface area contributed by atoms with E-state index in [0.717, 1.165) is 21.0 Å². The van der Waals surface area contributed by atoms with E-state index in [4.69, 9.17) is 16.3 Å². The lowest BCUT2D eigenvalue weighted by atomic mass is 10.1. The van der Waals surface area contributed by atoms with Gasteiger partial charge in [-0.3, -0.25) is 13.9 Å². The Balaban J connectivity index is 1.37. The third-order valence-corrected chi connectivity index (χ3v) is 8.29. The first-order valence-corrected chi connectivity index (χ1v) is 15.1. The van der Waals surface area contributed by atoms with Crippen LogP contribution >= 0.6 is 11.6 Å². The van der Waals surface area contributed by atoms with E-state index in [1.807, 2.05) is 19.9 Å². The van der Waals surface area contributed by atoms with Crippen LogP contribution < -0.4 is 19.8 Å². The molecule has 0 saturated heterocycles. The fraction of sp³-hybridized carbons (Fsp3) is 0.156.